The van der Waals surface area contributed by atoms with Crippen molar-refractivity contribution >= 4 is 11.7 Å². The van der Waals surface area contributed by atoms with Gasteiger partial charge in [-0.25, -0.2) is 0 Å². The molecule has 18 heavy (non-hydrogen) atoms. The van der Waals surface area contributed by atoms with Crippen molar-refractivity contribution in [2.45, 2.75) is 0 Å². The number of nitrogens with zero attached hydrogens (tertiary/aromatic N) is 6. The highest BCUT2D eigenvalue weighted by molar-refractivity contribution is 6.01. The maximum Gasteiger partial charge on any atom is 0.468 e. The predicted molar refractivity (Wildman–Crippen MR) is 46.1 cm³/mol. The van der Waals surface area contributed by atoms with E-state index in [-0.39, 0.29) is 0 Å². The fourth-order valence-corrected chi connectivity index (χ4v) is 0.923. The largest absolute Gasteiger partial charge is 0.468 e. The van der Waals surface area contributed by atoms with Crippen molar-refractivity contribution in [2.75, 3.05) is 0 Å². The van der Waals surface area contributed by atoms with E-state index in [9.17, 15) is 25.4 Å². The van der Waals surface area contributed by atoms with Crippen LogP contribution in [0.1, 0.15) is 11.4 Å². The summed E-state index contributed by atoms with van der Waals surface area (Å²) in [6.45, 7) is 0. The van der Waals surface area contributed by atoms with Crippen LogP contribution in [0, 0.1) is 25.4 Å². The van der Waals surface area contributed by atoms with Crippen molar-refractivity contribution in [3.05, 3.63) is 36.8 Å². The smallest absolute Gasteiger partial charge is 0.359 e. The first-order valence-corrected chi connectivity index (χ1v) is 3.77. The summed E-state index contributed by atoms with van der Waals surface area (Å²) in [4.78, 5) is 17.6. The van der Waals surface area contributed by atoms with E-state index in [0.29, 0.717) is 0 Å². The number of hydrogen-bond acceptors (Lipinski definition) is 11. The first kappa shape index (κ1) is 12.7. The summed E-state index contributed by atoms with van der Waals surface area (Å²) in [6.07, 6.45) is 0. The second-order valence-electron chi connectivity index (χ2n) is 2.49. The summed E-state index contributed by atoms with van der Waals surface area (Å²) in [6, 6.07) is 0. The van der Waals surface area contributed by atoms with Gasteiger partial charge in [-0.1, -0.05) is 0 Å². The van der Waals surface area contributed by atoms with E-state index in [4.69, 9.17) is 10.4 Å². The molecular weight excluding hydrogens is 260 g/mol. The molecule has 0 radical (unpaired) electrons. The number of aromatic nitrogens is 2. The van der Waals surface area contributed by atoms with Crippen LogP contribution in [-0.2, 0) is 0 Å². The second-order valence-corrected chi connectivity index (χ2v) is 2.49. The van der Waals surface area contributed by atoms with Crippen LogP contribution in [0.5, 0.6) is 0 Å². The minimum Gasteiger partial charge on any atom is -0.359 e. The van der Waals surface area contributed by atoms with E-state index in [1.807, 2.05) is 0 Å². The Hall–Kier alpha value is -3.32. The van der Waals surface area contributed by atoms with E-state index in [1.54, 1.807) is 0 Å². The molecule has 1 aromatic heterocycles. The van der Waals surface area contributed by atoms with Crippen molar-refractivity contribution in [3.8, 4) is 0 Å². The molecule has 14 heteroatoms. The van der Waals surface area contributed by atoms with Gasteiger partial charge in [0, 0.05) is 0 Å². The summed E-state index contributed by atoms with van der Waals surface area (Å²) in [5.74, 6) is -2.87. The molecule has 0 aliphatic heterocycles. The molecule has 0 aromatic carbocycles. The number of hydrogen-bond donors (Lipinski definition) is 2. The Bertz CT molecular complexity index is 558. The summed E-state index contributed by atoms with van der Waals surface area (Å²) in [5, 5.41) is 55.8. The average molecular weight is 262 g/mol. The quantitative estimate of drug-likeness (QED) is 0.152. The van der Waals surface area contributed by atoms with E-state index in [2.05, 4.69) is 20.1 Å². The third kappa shape index (κ3) is 1.96. The van der Waals surface area contributed by atoms with Crippen LogP contribution < -0.4 is 4.90 Å². The Morgan fingerprint density at radius 1 is 1.22 bits per heavy atom. The third-order valence-corrected chi connectivity index (χ3v) is 1.57. The van der Waals surface area contributed by atoms with Gasteiger partial charge in [-0.3, -0.25) is 4.63 Å². The Kier molecular flexibility index (Phi) is 3.31. The van der Waals surface area contributed by atoms with Crippen LogP contribution in [0.2, 0.25) is 0 Å². The molecule has 0 aliphatic carbocycles. The Morgan fingerprint density at radius 3 is 2.11 bits per heavy atom. The van der Waals surface area contributed by atoms with Crippen LogP contribution in [-0.4, -0.2) is 37.1 Å². The van der Waals surface area contributed by atoms with Gasteiger partial charge >= 0.3 is 23.1 Å². The molecule has 1 rings (SSSR count). The van der Waals surface area contributed by atoms with Crippen molar-refractivity contribution in [1.82, 2.24) is 5.16 Å². The Balaban J connectivity index is 3.51. The van der Waals surface area contributed by atoms with E-state index in [1.165, 1.54) is 0 Å². The molecule has 0 spiro atoms. The fourth-order valence-electron chi connectivity index (χ4n) is 0.923. The molecule has 1 heterocycles. The normalized spacial score (nSPS) is 12.4. The van der Waals surface area contributed by atoms with Crippen LogP contribution in [0.4, 0.5) is 0 Å². The molecule has 0 amide bonds. The highest BCUT2D eigenvalue weighted by atomic mass is 16.8. The number of rotatable bonds is 2. The van der Waals surface area contributed by atoms with Gasteiger partial charge in [-0.15, -0.1) is 0 Å². The van der Waals surface area contributed by atoms with Crippen LogP contribution in [0.25, 0.3) is 0 Å². The summed E-state index contributed by atoms with van der Waals surface area (Å²) < 4.78 is 3.88. The van der Waals surface area contributed by atoms with Gasteiger partial charge in [0.2, 0.25) is 0 Å². The van der Waals surface area contributed by atoms with Crippen molar-refractivity contribution in [1.29, 1.82) is 0 Å². The van der Waals surface area contributed by atoms with Crippen LogP contribution >= 0.6 is 0 Å². The SMILES string of the molecule is O=[N+]([O-])C(=NO)c1no[n+]([O-])c1C(=NO)[N+](=O)[O-]. The van der Waals surface area contributed by atoms with E-state index >= 15 is 0 Å². The number of amidine groups is 2. The van der Waals surface area contributed by atoms with Gasteiger partial charge < -0.3 is 35.9 Å². The zero-order valence-corrected chi connectivity index (χ0v) is 8.03. The molecule has 2 N–H and O–H groups in total. The van der Waals surface area contributed by atoms with Crippen molar-refractivity contribution in [3.63, 3.8) is 0 Å². The van der Waals surface area contributed by atoms with Gasteiger partial charge in [0.05, 0.1) is 5.16 Å². The maximum atomic E-state index is 11.0. The molecule has 0 saturated heterocycles. The van der Waals surface area contributed by atoms with Gasteiger partial charge in [-0.05, 0) is 14.7 Å². The lowest BCUT2D eigenvalue weighted by Gasteiger charge is -1.93. The number of oxime groups is 2. The Morgan fingerprint density at radius 2 is 1.72 bits per heavy atom. The lowest BCUT2D eigenvalue weighted by Crippen LogP contribution is -2.36. The minimum atomic E-state index is -1.47. The molecule has 0 atom stereocenters. The zero-order chi connectivity index (χ0) is 13.9. The number of nitro groups is 2. The molecule has 0 bridgehead atoms. The molecule has 0 unspecified atom stereocenters. The molecule has 96 valence electrons. The lowest BCUT2D eigenvalue weighted by atomic mass is 10.3. The van der Waals surface area contributed by atoms with E-state index in [0.717, 1.165) is 0 Å². The monoisotopic (exact) mass is 262 g/mol. The standard InChI is InChI=1S/C4H2N6O8/c11-5-3(8(13)14)1-2(10(17)18-7-1)4(6-12)9(15)16/h11-12H. The summed E-state index contributed by atoms with van der Waals surface area (Å²) in [7, 11) is 0. The highest BCUT2D eigenvalue weighted by Gasteiger charge is 2.42. The molecule has 0 saturated carbocycles. The first-order chi connectivity index (χ1) is 8.43. The predicted octanol–water partition coefficient (Wildman–Crippen LogP) is -1.87. The van der Waals surface area contributed by atoms with Crippen molar-refractivity contribution in [2.24, 2.45) is 10.3 Å². The summed E-state index contributed by atoms with van der Waals surface area (Å²) in [5.41, 5.74) is -2.26. The highest BCUT2D eigenvalue weighted by Crippen LogP contribution is 2.06. The zero-order valence-electron chi connectivity index (χ0n) is 8.03. The topological polar surface area (TPSA) is 204 Å². The average Bonchev–Trinajstić information content (AvgIpc) is 2.63. The molecule has 14 nitrogen and oxygen atoms in total. The van der Waals surface area contributed by atoms with E-state index < -0.39 is 37.8 Å². The first-order valence-electron chi connectivity index (χ1n) is 3.77. The van der Waals surface area contributed by atoms with Gasteiger partial charge in [0.25, 0.3) is 0 Å². The lowest BCUT2D eigenvalue weighted by molar-refractivity contribution is -0.804. The molecular formula is C4H2N6O8. The van der Waals surface area contributed by atoms with Gasteiger partial charge in [0.15, 0.2) is 10.3 Å². The van der Waals surface area contributed by atoms with Crippen LogP contribution in [0.3, 0.4) is 0 Å². The Labute approximate surface area is 94.8 Å². The second kappa shape index (κ2) is 4.68. The van der Waals surface area contributed by atoms with Gasteiger partial charge in [-0.2, -0.15) is 0 Å². The molecule has 0 aliphatic rings. The third-order valence-electron chi connectivity index (χ3n) is 1.57. The molecule has 0 fully saturated rings. The minimum absolute atomic E-state index is 0.609. The summed E-state index contributed by atoms with van der Waals surface area (Å²) >= 11 is 0. The van der Waals surface area contributed by atoms with Crippen molar-refractivity contribution < 1.29 is 29.8 Å². The molecule has 1 aromatic rings. The fraction of sp³-hybridized carbons (Fsp3) is 0. The van der Waals surface area contributed by atoms with Crippen LogP contribution in [0.15, 0.2) is 14.9 Å². The maximum absolute atomic E-state index is 11.0. The van der Waals surface area contributed by atoms with Gasteiger partial charge in [0.1, 0.15) is 0 Å².